The molecule has 2 aromatic carbocycles. The summed E-state index contributed by atoms with van der Waals surface area (Å²) in [6.45, 7) is 1.71. The number of ether oxygens (including phenoxy) is 1. The molecule has 0 saturated carbocycles. The third-order valence-corrected chi connectivity index (χ3v) is 4.93. The standard InChI is InChI=1S/C20H20F4N2O2/c21-15-5-1-13(2-6-15)9-10-26-11-17(18(12-26)19(25)27)14-3-7-16(8-4-14)28-20(22,23)24/h1-8,17-18H,9-12H2,(H2,25,27). The number of hydrogen-bond donors (Lipinski definition) is 1. The normalized spacial score (nSPS) is 20.3. The average molecular weight is 396 g/mol. The van der Waals surface area contributed by atoms with E-state index in [2.05, 4.69) is 9.64 Å². The van der Waals surface area contributed by atoms with Gasteiger partial charge in [0.15, 0.2) is 0 Å². The number of likely N-dealkylation sites (tertiary alicyclic amines) is 1. The first-order chi connectivity index (χ1) is 13.2. The van der Waals surface area contributed by atoms with Crippen molar-refractivity contribution in [2.45, 2.75) is 18.7 Å². The fourth-order valence-electron chi connectivity index (χ4n) is 3.55. The van der Waals surface area contributed by atoms with Crippen LogP contribution in [0.15, 0.2) is 48.5 Å². The predicted molar refractivity (Wildman–Crippen MR) is 95.1 cm³/mol. The fraction of sp³-hybridized carbons (Fsp3) is 0.350. The van der Waals surface area contributed by atoms with Gasteiger partial charge < -0.3 is 15.4 Å². The highest BCUT2D eigenvalue weighted by Crippen LogP contribution is 2.34. The molecule has 8 heteroatoms. The molecule has 0 radical (unpaired) electrons. The number of amides is 1. The van der Waals surface area contributed by atoms with Crippen LogP contribution in [0.25, 0.3) is 0 Å². The summed E-state index contributed by atoms with van der Waals surface area (Å²) in [6.07, 6.45) is -4.06. The lowest BCUT2D eigenvalue weighted by Crippen LogP contribution is -2.29. The molecular weight excluding hydrogens is 376 g/mol. The molecule has 1 aliphatic rings. The second-order valence-corrected chi connectivity index (χ2v) is 6.87. The summed E-state index contributed by atoms with van der Waals surface area (Å²) in [4.78, 5) is 14.0. The van der Waals surface area contributed by atoms with Crippen LogP contribution in [0, 0.1) is 11.7 Å². The summed E-state index contributed by atoms with van der Waals surface area (Å²) < 4.78 is 53.8. The van der Waals surface area contributed by atoms with Crippen molar-refractivity contribution >= 4 is 5.91 Å². The van der Waals surface area contributed by atoms with Crippen LogP contribution >= 0.6 is 0 Å². The van der Waals surface area contributed by atoms with E-state index in [4.69, 9.17) is 5.73 Å². The molecule has 0 spiro atoms. The molecule has 0 aliphatic carbocycles. The monoisotopic (exact) mass is 396 g/mol. The number of halogens is 4. The Morgan fingerprint density at radius 1 is 1.07 bits per heavy atom. The molecule has 4 nitrogen and oxygen atoms in total. The highest BCUT2D eigenvalue weighted by molar-refractivity contribution is 5.78. The fourth-order valence-corrected chi connectivity index (χ4v) is 3.55. The molecule has 1 heterocycles. The molecule has 0 aromatic heterocycles. The van der Waals surface area contributed by atoms with Crippen molar-refractivity contribution in [1.29, 1.82) is 0 Å². The van der Waals surface area contributed by atoms with Crippen LogP contribution in [-0.4, -0.2) is 36.8 Å². The van der Waals surface area contributed by atoms with Crippen molar-refractivity contribution in [3.05, 3.63) is 65.5 Å². The number of nitrogens with two attached hydrogens (primary N) is 1. The Hall–Kier alpha value is -2.61. The van der Waals surface area contributed by atoms with Gasteiger partial charge >= 0.3 is 6.36 Å². The van der Waals surface area contributed by atoms with Crippen molar-refractivity contribution in [3.63, 3.8) is 0 Å². The molecule has 2 atom stereocenters. The number of rotatable bonds is 6. The molecular formula is C20H20F4N2O2. The summed E-state index contributed by atoms with van der Waals surface area (Å²) in [5, 5.41) is 0. The van der Waals surface area contributed by atoms with E-state index >= 15 is 0 Å². The summed E-state index contributed by atoms with van der Waals surface area (Å²) >= 11 is 0. The van der Waals surface area contributed by atoms with Crippen LogP contribution in [-0.2, 0) is 11.2 Å². The predicted octanol–water partition coefficient (Wildman–Crippen LogP) is 3.47. The van der Waals surface area contributed by atoms with E-state index in [0.717, 1.165) is 11.1 Å². The maximum atomic E-state index is 13.0. The van der Waals surface area contributed by atoms with E-state index in [0.29, 0.717) is 26.1 Å². The van der Waals surface area contributed by atoms with Crippen molar-refractivity contribution in [3.8, 4) is 5.75 Å². The van der Waals surface area contributed by atoms with E-state index in [1.807, 2.05) is 0 Å². The molecule has 1 aliphatic heterocycles. The van der Waals surface area contributed by atoms with Crippen LogP contribution in [0.4, 0.5) is 17.6 Å². The zero-order chi connectivity index (χ0) is 20.3. The van der Waals surface area contributed by atoms with E-state index in [-0.39, 0.29) is 17.5 Å². The Balaban J connectivity index is 1.66. The number of hydrogen-bond acceptors (Lipinski definition) is 3. The number of carbonyl (C=O) groups excluding carboxylic acids is 1. The Kier molecular flexibility index (Phi) is 5.88. The summed E-state index contributed by atoms with van der Waals surface area (Å²) in [5.74, 6) is -1.67. The van der Waals surface area contributed by atoms with Gasteiger partial charge in [0.1, 0.15) is 11.6 Å². The molecule has 1 amide bonds. The maximum Gasteiger partial charge on any atom is 0.573 e. The number of primary amides is 1. The molecule has 0 bridgehead atoms. The molecule has 3 rings (SSSR count). The first kappa shape index (κ1) is 20.1. The molecule has 2 unspecified atom stereocenters. The Morgan fingerprint density at radius 3 is 2.29 bits per heavy atom. The molecule has 2 N–H and O–H groups in total. The Bertz CT molecular complexity index is 806. The summed E-state index contributed by atoms with van der Waals surface area (Å²) in [6, 6.07) is 11.8. The topological polar surface area (TPSA) is 55.6 Å². The smallest absolute Gasteiger partial charge is 0.406 e. The van der Waals surface area contributed by atoms with Gasteiger partial charge in [0.25, 0.3) is 0 Å². The van der Waals surface area contributed by atoms with Gasteiger partial charge in [-0.25, -0.2) is 4.39 Å². The minimum atomic E-state index is -4.75. The second-order valence-electron chi connectivity index (χ2n) is 6.87. The van der Waals surface area contributed by atoms with Gasteiger partial charge in [0.05, 0.1) is 5.92 Å². The minimum Gasteiger partial charge on any atom is -0.406 e. The van der Waals surface area contributed by atoms with Gasteiger partial charge in [0, 0.05) is 25.6 Å². The first-order valence-corrected chi connectivity index (χ1v) is 8.83. The van der Waals surface area contributed by atoms with Crippen LogP contribution < -0.4 is 10.5 Å². The SMILES string of the molecule is NC(=O)C1CN(CCc2ccc(F)cc2)CC1c1ccc(OC(F)(F)F)cc1. The van der Waals surface area contributed by atoms with E-state index < -0.39 is 18.2 Å². The van der Waals surface area contributed by atoms with Crippen LogP contribution in [0.2, 0.25) is 0 Å². The zero-order valence-corrected chi connectivity index (χ0v) is 15.0. The van der Waals surface area contributed by atoms with E-state index in [1.54, 1.807) is 12.1 Å². The lowest BCUT2D eigenvalue weighted by Gasteiger charge is -2.17. The van der Waals surface area contributed by atoms with Gasteiger partial charge in [-0.15, -0.1) is 13.2 Å². The van der Waals surface area contributed by atoms with Gasteiger partial charge in [-0.2, -0.15) is 0 Å². The molecule has 150 valence electrons. The minimum absolute atomic E-state index is 0.203. The van der Waals surface area contributed by atoms with E-state index in [9.17, 15) is 22.4 Å². The third kappa shape index (κ3) is 5.22. The maximum absolute atomic E-state index is 13.0. The van der Waals surface area contributed by atoms with Crippen molar-refractivity contribution in [1.82, 2.24) is 4.90 Å². The largest absolute Gasteiger partial charge is 0.573 e. The van der Waals surface area contributed by atoms with Crippen LogP contribution in [0.5, 0.6) is 5.75 Å². The molecule has 1 fully saturated rings. The van der Waals surface area contributed by atoms with Crippen molar-refractivity contribution in [2.24, 2.45) is 11.7 Å². The summed E-state index contributed by atoms with van der Waals surface area (Å²) in [7, 11) is 0. The molecule has 1 saturated heterocycles. The zero-order valence-electron chi connectivity index (χ0n) is 15.0. The van der Waals surface area contributed by atoms with E-state index in [1.165, 1.54) is 36.4 Å². The van der Waals surface area contributed by atoms with Gasteiger partial charge in [-0.3, -0.25) is 4.79 Å². The van der Waals surface area contributed by atoms with Crippen molar-refractivity contribution < 1.29 is 27.1 Å². The molecule has 28 heavy (non-hydrogen) atoms. The van der Waals surface area contributed by atoms with Crippen LogP contribution in [0.3, 0.4) is 0 Å². The third-order valence-electron chi connectivity index (χ3n) is 4.93. The lowest BCUT2D eigenvalue weighted by atomic mass is 9.88. The van der Waals surface area contributed by atoms with Gasteiger partial charge in [0.2, 0.25) is 5.91 Å². The number of nitrogens with zero attached hydrogens (tertiary/aromatic N) is 1. The average Bonchev–Trinajstić information content (AvgIpc) is 3.05. The van der Waals surface area contributed by atoms with Crippen molar-refractivity contribution in [2.75, 3.05) is 19.6 Å². The highest BCUT2D eigenvalue weighted by Gasteiger charge is 2.37. The lowest BCUT2D eigenvalue weighted by molar-refractivity contribution is -0.274. The highest BCUT2D eigenvalue weighted by atomic mass is 19.4. The quantitative estimate of drug-likeness (QED) is 0.761. The second kappa shape index (κ2) is 8.18. The van der Waals surface area contributed by atoms with Crippen LogP contribution in [0.1, 0.15) is 17.0 Å². The summed E-state index contributed by atoms with van der Waals surface area (Å²) in [5.41, 5.74) is 7.26. The molecule has 2 aromatic rings. The Morgan fingerprint density at radius 2 is 1.71 bits per heavy atom. The number of carbonyl (C=O) groups is 1. The van der Waals surface area contributed by atoms with Gasteiger partial charge in [-0.05, 0) is 41.8 Å². The Labute approximate surface area is 159 Å². The number of benzene rings is 2. The number of alkyl halides is 3. The van der Waals surface area contributed by atoms with Gasteiger partial charge in [-0.1, -0.05) is 24.3 Å². The first-order valence-electron chi connectivity index (χ1n) is 8.83.